The molecule has 0 N–H and O–H groups in total. The molecule has 1 unspecified atom stereocenters. The Bertz CT molecular complexity index is 1220. The highest BCUT2D eigenvalue weighted by molar-refractivity contribution is 5.71. The van der Waals surface area contributed by atoms with Crippen LogP contribution in [0.25, 0.3) is 0 Å². The van der Waals surface area contributed by atoms with Gasteiger partial charge in [-0.05, 0) is 51.4 Å². The molecule has 0 aromatic carbocycles. The molecule has 0 aromatic rings. The molecule has 0 spiro atoms. The number of carbonyl (C=O) groups is 3. The van der Waals surface area contributed by atoms with E-state index in [2.05, 4.69) is 57.2 Å². The van der Waals surface area contributed by atoms with Crippen LogP contribution in [-0.4, -0.2) is 37.2 Å². The number of esters is 3. The van der Waals surface area contributed by atoms with Gasteiger partial charge in [0.2, 0.25) is 0 Å². The minimum absolute atomic E-state index is 0.0709. The number of ether oxygens (including phenoxy) is 3. The molecule has 73 heavy (non-hydrogen) atoms. The van der Waals surface area contributed by atoms with Gasteiger partial charge in [0.05, 0.1) is 0 Å². The molecule has 0 fully saturated rings. The average molecular weight is 1030 g/mol. The highest BCUT2D eigenvalue weighted by atomic mass is 16.6. The summed E-state index contributed by atoms with van der Waals surface area (Å²) in [5.74, 6) is -0.856. The summed E-state index contributed by atoms with van der Waals surface area (Å²) in [5.41, 5.74) is 0. The third kappa shape index (κ3) is 60.4. The summed E-state index contributed by atoms with van der Waals surface area (Å²) in [7, 11) is 0. The van der Waals surface area contributed by atoms with Gasteiger partial charge in [-0.3, -0.25) is 14.4 Å². The van der Waals surface area contributed by atoms with E-state index in [0.717, 1.165) is 83.5 Å². The van der Waals surface area contributed by atoms with Gasteiger partial charge >= 0.3 is 17.9 Å². The molecule has 0 aliphatic carbocycles. The van der Waals surface area contributed by atoms with E-state index in [1.807, 2.05) is 0 Å². The van der Waals surface area contributed by atoms with Gasteiger partial charge in [-0.2, -0.15) is 0 Å². The summed E-state index contributed by atoms with van der Waals surface area (Å²) in [4.78, 5) is 38.3. The summed E-state index contributed by atoms with van der Waals surface area (Å²) in [5, 5.41) is 0. The third-order valence-electron chi connectivity index (χ3n) is 14.7. The Balaban J connectivity index is 4.23. The largest absolute Gasteiger partial charge is 0.462 e. The minimum atomic E-state index is -0.774. The van der Waals surface area contributed by atoms with Crippen LogP contribution in [0, 0.1) is 0 Å². The number of allylic oxidation sites excluding steroid dienone is 6. The van der Waals surface area contributed by atoms with Crippen LogP contribution in [0.4, 0.5) is 0 Å². The molecule has 6 nitrogen and oxygen atoms in total. The predicted molar refractivity (Wildman–Crippen MR) is 316 cm³/mol. The van der Waals surface area contributed by atoms with E-state index >= 15 is 0 Å². The first-order chi connectivity index (χ1) is 36.0. The van der Waals surface area contributed by atoms with Crippen molar-refractivity contribution >= 4 is 17.9 Å². The van der Waals surface area contributed by atoms with Gasteiger partial charge < -0.3 is 14.2 Å². The highest BCUT2D eigenvalue weighted by Gasteiger charge is 2.19. The normalized spacial score (nSPS) is 12.2. The average Bonchev–Trinajstić information content (AvgIpc) is 3.39. The molecule has 1 atom stereocenters. The van der Waals surface area contributed by atoms with Gasteiger partial charge in [-0.1, -0.05) is 320 Å². The van der Waals surface area contributed by atoms with Crippen LogP contribution in [0.2, 0.25) is 0 Å². The molecule has 0 saturated heterocycles. The zero-order valence-electron chi connectivity index (χ0n) is 49.2. The van der Waals surface area contributed by atoms with Crippen molar-refractivity contribution in [3.63, 3.8) is 0 Å². The molecule has 0 aliphatic rings. The van der Waals surface area contributed by atoms with Crippen LogP contribution in [0.3, 0.4) is 0 Å². The predicted octanol–water partition coefficient (Wildman–Crippen LogP) is 22.0. The Hall–Kier alpha value is -2.37. The SMILES string of the molecule is CC/C=C\C/C=C\C/C=C\CCCCCCCCCC(=O)OC(COC(=O)CCCCCCCCCCCCCCC)COC(=O)CCCCCCCCCCCCCCCCCCCCCCCCCCC. The Morgan fingerprint density at radius 1 is 0.288 bits per heavy atom. The van der Waals surface area contributed by atoms with E-state index in [9.17, 15) is 14.4 Å². The summed E-state index contributed by atoms with van der Waals surface area (Å²) in [6.45, 7) is 6.58. The van der Waals surface area contributed by atoms with Gasteiger partial charge in [-0.15, -0.1) is 0 Å². The zero-order valence-corrected chi connectivity index (χ0v) is 49.2. The lowest BCUT2D eigenvalue weighted by Crippen LogP contribution is -2.30. The Labute approximate surface area is 455 Å². The van der Waals surface area contributed by atoms with E-state index in [1.54, 1.807) is 0 Å². The van der Waals surface area contributed by atoms with Crippen LogP contribution in [0.15, 0.2) is 36.5 Å². The maximum Gasteiger partial charge on any atom is 0.306 e. The molecular weight excluding hydrogens is 901 g/mol. The van der Waals surface area contributed by atoms with Crippen LogP contribution in [-0.2, 0) is 28.6 Å². The highest BCUT2D eigenvalue weighted by Crippen LogP contribution is 2.18. The lowest BCUT2D eigenvalue weighted by atomic mass is 10.0. The number of hydrogen-bond donors (Lipinski definition) is 0. The zero-order chi connectivity index (χ0) is 52.9. The second kappa shape index (κ2) is 62.2. The third-order valence-corrected chi connectivity index (χ3v) is 14.7. The molecule has 0 amide bonds. The monoisotopic (exact) mass is 1020 g/mol. The van der Waals surface area contributed by atoms with Crippen molar-refractivity contribution in [1.82, 2.24) is 0 Å². The molecule has 0 aliphatic heterocycles. The van der Waals surface area contributed by atoms with E-state index in [-0.39, 0.29) is 31.1 Å². The summed E-state index contributed by atoms with van der Waals surface area (Å²) < 4.78 is 16.9. The Morgan fingerprint density at radius 2 is 0.534 bits per heavy atom. The van der Waals surface area contributed by atoms with Gasteiger partial charge in [0, 0.05) is 19.3 Å². The van der Waals surface area contributed by atoms with Gasteiger partial charge in [0.15, 0.2) is 6.10 Å². The molecular formula is C67H124O6. The van der Waals surface area contributed by atoms with Crippen molar-refractivity contribution in [2.24, 2.45) is 0 Å². The standard InChI is InChI=1S/C67H124O6/c1-4-7-10-13-16-19-22-25-27-29-30-31-32-33-34-35-36-38-39-42-45-48-51-54-57-60-66(69)72-63-64(62-71-65(68)59-56-53-50-47-44-41-24-21-18-15-12-9-6-3)73-67(70)61-58-55-52-49-46-43-40-37-28-26-23-20-17-14-11-8-5-2/h8,11,17,20,26,28,64H,4-7,9-10,12-16,18-19,21-25,27,29-63H2,1-3H3/b11-8-,20-17-,28-26-. The summed E-state index contributed by atoms with van der Waals surface area (Å²) >= 11 is 0. The fourth-order valence-corrected chi connectivity index (χ4v) is 9.81. The maximum absolute atomic E-state index is 12.9. The molecule has 6 heteroatoms. The fraction of sp³-hybridized carbons (Fsp3) is 0.866. The van der Waals surface area contributed by atoms with Crippen molar-refractivity contribution < 1.29 is 28.6 Å². The molecule has 0 radical (unpaired) electrons. The molecule has 0 heterocycles. The Kier molecular flexibility index (Phi) is 60.2. The number of unbranched alkanes of at least 4 members (excludes halogenated alkanes) is 43. The smallest absolute Gasteiger partial charge is 0.306 e. The summed E-state index contributed by atoms with van der Waals surface area (Å²) in [6.07, 6.45) is 75.9. The lowest BCUT2D eigenvalue weighted by Gasteiger charge is -2.18. The van der Waals surface area contributed by atoms with Crippen molar-refractivity contribution in [2.75, 3.05) is 13.2 Å². The lowest BCUT2D eigenvalue weighted by molar-refractivity contribution is -0.167. The number of carbonyl (C=O) groups excluding carboxylic acids is 3. The molecule has 0 saturated carbocycles. The van der Waals surface area contributed by atoms with Crippen LogP contribution in [0.1, 0.15) is 355 Å². The van der Waals surface area contributed by atoms with Gasteiger partial charge in [0.1, 0.15) is 13.2 Å². The quantitative estimate of drug-likeness (QED) is 0.0261. The van der Waals surface area contributed by atoms with Crippen LogP contribution < -0.4 is 0 Å². The van der Waals surface area contributed by atoms with Crippen molar-refractivity contribution in [1.29, 1.82) is 0 Å². The van der Waals surface area contributed by atoms with Crippen molar-refractivity contribution in [3.8, 4) is 0 Å². The first kappa shape index (κ1) is 70.6. The minimum Gasteiger partial charge on any atom is -0.462 e. The second-order valence-electron chi connectivity index (χ2n) is 22.0. The molecule has 0 aromatic heterocycles. The van der Waals surface area contributed by atoms with E-state index in [1.165, 1.54) is 231 Å². The fourth-order valence-electron chi connectivity index (χ4n) is 9.81. The summed E-state index contributed by atoms with van der Waals surface area (Å²) in [6, 6.07) is 0. The maximum atomic E-state index is 12.9. The Morgan fingerprint density at radius 3 is 0.836 bits per heavy atom. The van der Waals surface area contributed by atoms with Crippen molar-refractivity contribution in [2.45, 2.75) is 361 Å². The van der Waals surface area contributed by atoms with Gasteiger partial charge in [-0.25, -0.2) is 0 Å². The van der Waals surface area contributed by atoms with E-state index in [4.69, 9.17) is 14.2 Å². The van der Waals surface area contributed by atoms with Crippen molar-refractivity contribution in [3.05, 3.63) is 36.5 Å². The first-order valence-corrected chi connectivity index (χ1v) is 32.5. The first-order valence-electron chi connectivity index (χ1n) is 32.5. The second-order valence-corrected chi connectivity index (χ2v) is 22.0. The van der Waals surface area contributed by atoms with Crippen LogP contribution >= 0.6 is 0 Å². The molecule has 0 bridgehead atoms. The molecule has 428 valence electrons. The number of rotatable bonds is 60. The number of hydrogen-bond acceptors (Lipinski definition) is 6. The topological polar surface area (TPSA) is 78.9 Å². The molecule has 0 rings (SSSR count). The van der Waals surface area contributed by atoms with Gasteiger partial charge in [0.25, 0.3) is 0 Å². The van der Waals surface area contributed by atoms with Crippen LogP contribution in [0.5, 0.6) is 0 Å². The van der Waals surface area contributed by atoms with E-state index < -0.39 is 6.10 Å². The van der Waals surface area contributed by atoms with E-state index in [0.29, 0.717) is 19.3 Å².